The zero-order valence-electron chi connectivity index (χ0n) is 15.4. The highest BCUT2D eigenvalue weighted by molar-refractivity contribution is 5.94. The van der Waals surface area contributed by atoms with E-state index in [0.717, 1.165) is 11.6 Å². The van der Waals surface area contributed by atoms with Crippen molar-refractivity contribution in [3.8, 4) is 0 Å². The number of anilines is 1. The Labute approximate surface area is 141 Å². The molecule has 0 radical (unpaired) electrons. The Bertz CT molecular complexity index is 499. The first-order chi connectivity index (χ1) is 10.9. The third kappa shape index (κ3) is 4.81. The van der Waals surface area contributed by atoms with Crippen molar-refractivity contribution in [3.63, 3.8) is 0 Å². The molecule has 1 amide bonds. The van der Waals surface area contributed by atoms with Gasteiger partial charge < -0.3 is 9.80 Å². The fraction of sp³-hybridized carbons (Fsp3) is 0.650. The SMILES string of the molecule is CC(C)CN1CCC(c2ccc(N(C)C(=O)C(C)C)cc2)CC1. The summed E-state index contributed by atoms with van der Waals surface area (Å²) in [7, 11) is 1.86. The molecule has 0 atom stereocenters. The molecule has 0 aliphatic carbocycles. The highest BCUT2D eigenvalue weighted by Crippen LogP contribution is 2.29. The zero-order chi connectivity index (χ0) is 17.0. The average Bonchev–Trinajstić information content (AvgIpc) is 2.53. The van der Waals surface area contributed by atoms with Crippen LogP contribution in [-0.4, -0.2) is 37.5 Å². The number of carbonyl (C=O) groups excluding carboxylic acids is 1. The lowest BCUT2D eigenvalue weighted by atomic mass is 9.89. The molecule has 1 aromatic carbocycles. The molecule has 3 heteroatoms. The molecule has 1 aliphatic heterocycles. The lowest BCUT2D eigenvalue weighted by Gasteiger charge is -2.33. The number of likely N-dealkylation sites (tertiary alicyclic amines) is 1. The van der Waals surface area contributed by atoms with Gasteiger partial charge in [0.25, 0.3) is 0 Å². The molecular formula is C20H32N2O. The van der Waals surface area contributed by atoms with Crippen molar-refractivity contribution < 1.29 is 4.79 Å². The summed E-state index contributed by atoms with van der Waals surface area (Å²) in [4.78, 5) is 16.4. The molecule has 1 fully saturated rings. The molecule has 0 saturated carbocycles. The molecule has 1 aliphatic rings. The van der Waals surface area contributed by atoms with Crippen LogP contribution in [0.5, 0.6) is 0 Å². The van der Waals surface area contributed by atoms with Crippen LogP contribution in [0.1, 0.15) is 52.0 Å². The van der Waals surface area contributed by atoms with Gasteiger partial charge in [-0.05, 0) is 55.5 Å². The van der Waals surface area contributed by atoms with Crippen molar-refractivity contribution in [1.29, 1.82) is 0 Å². The van der Waals surface area contributed by atoms with E-state index in [1.165, 1.54) is 38.0 Å². The van der Waals surface area contributed by atoms with Crippen molar-refractivity contribution in [3.05, 3.63) is 29.8 Å². The summed E-state index contributed by atoms with van der Waals surface area (Å²) < 4.78 is 0. The maximum Gasteiger partial charge on any atom is 0.229 e. The third-order valence-corrected chi connectivity index (χ3v) is 4.79. The third-order valence-electron chi connectivity index (χ3n) is 4.79. The number of hydrogen-bond donors (Lipinski definition) is 0. The summed E-state index contributed by atoms with van der Waals surface area (Å²) in [5.41, 5.74) is 2.41. The summed E-state index contributed by atoms with van der Waals surface area (Å²) in [6, 6.07) is 8.61. The number of nitrogens with zero attached hydrogens (tertiary/aromatic N) is 2. The normalized spacial score (nSPS) is 17.0. The van der Waals surface area contributed by atoms with Gasteiger partial charge in [0.05, 0.1) is 0 Å². The van der Waals surface area contributed by atoms with Gasteiger partial charge in [0.1, 0.15) is 0 Å². The summed E-state index contributed by atoms with van der Waals surface area (Å²) >= 11 is 0. The minimum absolute atomic E-state index is 0.0324. The van der Waals surface area contributed by atoms with Crippen LogP contribution in [0.2, 0.25) is 0 Å². The summed E-state index contributed by atoms with van der Waals surface area (Å²) in [5.74, 6) is 1.61. The lowest BCUT2D eigenvalue weighted by Crippen LogP contribution is -2.35. The van der Waals surface area contributed by atoms with Gasteiger partial charge in [-0.15, -0.1) is 0 Å². The predicted molar refractivity (Wildman–Crippen MR) is 97.9 cm³/mol. The van der Waals surface area contributed by atoms with Crippen molar-refractivity contribution >= 4 is 11.6 Å². The number of amides is 1. The first kappa shape index (κ1) is 18.0. The van der Waals surface area contributed by atoms with Gasteiger partial charge in [-0.25, -0.2) is 0 Å². The van der Waals surface area contributed by atoms with Crippen LogP contribution in [-0.2, 0) is 4.79 Å². The minimum Gasteiger partial charge on any atom is -0.315 e. The Hall–Kier alpha value is -1.35. The van der Waals surface area contributed by atoms with Gasteiger partial charge in [-0.1, -0.05) is 39.8 Å². The van der Waals surface area contributed by atoms with E-state index in [9.17, 15) is 4.79 Å². The summed E-state index contributed by atoms with van der Waals surface area (Å²) in [6.45, 7) is 12.1. The van der Waals surface area contributed by atoms with Crippen LogP contribution >= 0.6 is 0 Å². The minimum atomic E-state index is 0.0324. The van der Waals surface area contributed by atoms with Crippen LogP contribution in [0.3, 0.4) is 0 Å². The van der Waals surface area contributed by atoms with Crippen molar-refractivity contribution in [2.45, 2.75) is 46.5 Å². The smallest absolute Gasteiger partial charge is 0.229 e. The highest BCUT2D eigenvalue weighted by Gasteiger charge is 2.21. The maximum atomic E-state index is 12.1. The fourth-order valence-electron chi connectivity index (χ4n) is 3.45. The van der Waals surface area contributed by atoms with E-state index < -0.39 is 0 Å². The molecule has 3 nitrogen and oxygen atoms in total. The second-order valence-corrected chi connectivity index (χ2v) is 7.61. The van der Waals surface area contributed by atoms with Crippen LogP contribution in [0, 0.1) is 11.8 Å². The number of rotatable bonds is 5. The number of carbonyl (C=O) groups is 1. The van der Waals surface area contributed by atoms with E-state index in [0.29, 0.717) is 5.92 Å². The van der Waals surface area contributed by atoms with Gasteiger partial charge in [0, 0.05) is 25.2 Å². The first-order valence-corrected chi connectivity index (χ1v) is 8.98. The Morgan fingerprint density at radius 2 is 1.70 bits per heavy atom. The molecule has 1 heterocycles. The molecule has 0 bridgehead atoms. The quantitative estimate of drug-likeness (QED) is 0.815. The van der Waals surface area contributed by atoms with Crippen LogP contribution < -0.4 is 4.90 Å². The number of hydrogen-bond acceptors (Lipinski definition) is 2. The molecular weight excluding hydrogens is 284 g/mol. The van der Waals surface area contributed by atoms with Gasteiger partial charge in [0.15, 0.2) is 0 Å². The van der Waals surface area contributed by atoms with Gasteiger partial charge in [0.2, 0.25) is 5.91 Å². The Kier molecular flexibility index (Phi) is 6.23. The van der Waals surface area contributed by atoms with E-state index in [4.69, 9.17) is 0 Å². The number of piperidine rings is 1. The zero-order valence-corrected chi connectivity index (χ0v) is 15.4. The molecule has 23 heavy (non-hydrogen) atoms. The van der Waals surface area contributed by atoms with Gasteiger partial charge >= 0.3 is 0 Å². The summed E-state index contributed by atoms with van der Waals surface area (Å²) in [5, 5.41) is 0. The molecule has 2 rings (SSSR count). The maximum absolute atomic E-state index is 12.1. The molecule has 0 unspecified atom stereocenters. The Morgan fingerprint density at radius 1 is 1.13 bits per heavy atom. The largest absolute Gasteiger partial charge is 0.315 e. The number of benzene rings is 1. The average molecular weight is 316 g/mol. The second kappa shape index (κ2) is 7.96. The van der Waals surface area contributed by atoms with E-state index >= 15 is 0 Å². The monoisotopic (exact) mass is 316 g/mol. The van der Waals surface area contributed by atoms with Crippen molar-refractivity contribution in [2.24, 2.45) is 11.8 Å². The van der Waals surface area contributed by atoms with Gasteiger partial charge in [-0.2, -0.15) is 0 Å². The summed E-state index contributed by atoms with van der Waals surface area (Å²) in [6.07, 6.45) is 2.49. The highest BCUT2D eigenvalue weighted by atomic mass is 16.2. The lowest BCUT2D eigenvalue weighted by molar-refractivity contribution is -0.121. The van der Waals surface area contributed by atoms with Crippen molar-refractivity contribution in [1.82, 2.24) is 4.90 Å². The van der Waals surface area contributed by atoms with Crippen molar-refractivity contribution in [2.75, 3.05) is 31.6 Å². The van der Waals surface area contributed by atoms with E-state index in [1.807, 2.05) is 20.9 Å². The second-order valence-electron chi connectivity index (χ2n) is 7.61. The molecule has 128 valence electrons. The van der Waals surface area contributed by atoms with Gasteiger partial charge in [-0.3, -0.25) is 4.79 Å². The molecule has 0 N–H and O–H groups in total. The van der Waals surface area contributed by atoms with E-state index in [2.05, 4.69) is 43.0 Å². The Balaban J connectivity index is 1.94. The topological polar surface area (TPSA) is 23.6 Å². The standard InChI is InChI=1S/C20H32N2O/c1-15(2)14-22-12-10-18(11-13-22)17-6-8-19(9-7-17)21(5)20(23)16(3)4/h6-9,15-16,18H,10-14H2,1-5H3. The predicted octanol–water partition coefficient (Wildman–Crippen LogP) is 4.14. The van der Waals surface area contributed by atoms with Crippen LogP contribution in [0.25, 0.3) is 0 Å². The van der Waals surface area contributed by atoms with Crippen LogP contribution in [0.15, 0.2) is 24.3 Å². The molecule has 1 aromatic rings. The molecule has 1 saturated heterocycles. The molecule has 0 aromatic heterocycles. The first-order valence-electron chi connectivity index (χ1n) is 8.98. The fourth-order valence-corrected chi connectivity index (χ4v) is 3.45. The van der Waals surface area contributed by atoms with E-state index in [1.54, 1.807) is 4.90 Å². The Morgan fingerprint density at radius 3 is 2.17 bits per heavy atom. The van der Waals surface area contributed by atoms with E-state index in [-0.39, 0.29) is 11.8 Å². The van der Waals surface area contributed by atoms with Crippen LogP contribution in [0.4, 0.5) is 5.69 Å². The molecule has 0 spiro atoms.